The van der Waals surface area contributed by atoms with Crippen molar-refractivity contribution in [3.8, 4) is 10.7 Å². The summed E-state index contributed by atoms with van der Waals surface area (Å²) in [6.07, 6.45) is 1.18. The molecular weight excluding hydrogens is 282 g/mol. The van der Waals surface area contributed by atoms with Gasteiger partial charge in [-0.2, -0.15) is 0 Å². The van der Waals surface area contributed by atoms with E-state index in [1.165, 1.54) is 17.6 Å². The Morgan fingerprint density at radius 1 is 1.32 bits per heavy atom. The number of aromatic nitrogens is 2. The van der Waals surface area contributed by atoms with Crippen LogP contribution in [0, 0.1) is 0 Å². The summed E-state index contributed by atoms with van der Waals surface area (Å²) < 4.78 is 23.5. The van der Waals surface area contributed by atoms with Crippen LogP contribution in [0.5, 0.6) is 0 Å². The van der Waals surface area contributed by atoms with Crippen LogP contribution in [-0.2, 0) is 9.84 Å². The number of thiophene rings is 1. The molecule has 0 amide bonds. The van der Waals surface area contributed by atoms with E-state index in [0.29, 0.717) is 22.5 Å². The van der Waals surface area contributed by atoms with Crippen molar-refractivity contribution in [2.24, 2.45) is 0 Å². The van der Waals surface area contributed by atoms with E-state index >= 15 is 0 Å². The minimum atomic E-state index is -3.31. The Morgan fingerprint density at radius 3 is 2.74 bits per heavy atom. The molecule has 19 heavy (non-hydrogen) atoms. The number of nitrogens with one attached hydrogen (secondary N) is 1. The number of H-pyrrole nitrogens is 1. The summed E-state index contributed by atoms with van der Waals surface area (Å²) in [6.45, 7) is 0. The lowest BCUT2D eigenvalue weighted by molar-refractivity contribution is 0.602. The van der Waals surface area contributed by atoms with Crippen LogP contribution in [0.25, 0.3) is 21.7 Å². The molecule has 3 N–H and O–H groups in total. The van der Waals surface area contributed by atoms with Crippen LogP contribution in [0.3, 0.4) is 0 Å². The van der Waals surface area contributed by atoms with Gasteiger partial charge in [0, 0.05) is 6.26 Å². The molecule has 0 fully saturated rings. The number of anilines is 1. The molecule has 0 atom stereocenters. The molecule has 2 aromatic heterocycles. The van der Waals surface area contributed by atoms with Gasteiger partial charge in [-0.05, 0) is 23.6 Å². The van der Waals surface area contributed by atoms with E-state index in [1.807, 2.05) is 5.38 Å². The highest BCUT2D eigenvalue weighted by atomic mass is 32.2. The predicted molar refractivity (Wildman–Crippen MR) is 76.9 cm³/mol. The van der Waals surface area contributed by atoms with Gasteiger partial charge in [-0.1, -0.05) is 6.07 Å². The molecule has 7 heteroatoms. The van der Waals surface area contributed by atoms with Crippen molar-refractivity contribution >= 4 is 37.9 Å². The van der Waals surface area contributed by atoms with Gasteiger partial charge in [0.1, 0.15) is 5.52 Å². The number of rotatable bonds is 2. The standard InChI is InChI=1S/C12H11N3O2S2/c1-19(16,17)9-4-2-3-8-10(9)15-12(14-8)11-7(13)5-6-18-11/h2-6H,13H2,1H3,(H,14,15). The van der Waals surface area contributed by atoms with E-state index in [1.54, 1.807) is 24.3 Å². The Labute approximate surface area is 114 Å². The van der Waals surface area contributed by atoms with Crippen LogP contribution in [0.15, 0.2) is 34.5 Å². The number of nitrogens with zero attached hydrogens (tertiary/aromatic N) is 1. The number of benzene rings is 1. The molecule has 3 rings (SSSR count). The summed E-state index contributed by atoms with van der Waals surface area (Å²) >= 11 is 1.46. The van der Waals surface area contributed by atoms with E-state index in [-0.39, 0.29) is 4.90 Å². The van der Waals surface area contributed by atoms with Crippen molar-refractivity contribution in [2.45, 2.75) is 4.90 Å². The van der Waals surface area contributed by atoms with Gasteiger partial charge in [0.25, 0.3) is 0 Å². The second-order valence-electron chi connectivity index (χ2n) is 4.21. The molecule has 0 radical (unpaired) electrons. The van der Waals surface area contributed by atoms with Gasteiger partial charge in [-0.15, -0.1) is 11.3 Å². The minimum absolute atomic E-state index is 0.225. The molecule has 1 aromatic carbocycles. The normalized spacial score (nSPS) is 12.1. The Morgan fingerprint density at radius 2 is 2.11 bits per heavy atom. The molecule has 98 valence electrons. The smallest absolute Gasteiger partial charge is 0.177 e. The molecule has 0 aliphatic rings. The van der Waals surface area contributed by atoms with E-state index in [4.69, 9.17) is 5.73 Å². The van der Waals surface area contributed by atoms with Crippen LogP contribution in [-0.4, -0.2) is 24.6 Å². The van der Waals surface area contributed by atoms with Crippen molar-refractivity contribution in [2.75, 3.05) is 12.0 Å². The third-order valence-electron chi connectivity index (χ3n) is 2.79. The van der Waals surface area contributed by atoms with Crippen molar-refractivity contribution in [3.63, 3.8) is 0 Å². The fourth-order valence-corrected chi connectivity index (χ4v) is 3.52. The van der Waals surface area contributed by atoms with Crippen LogP contribution in [0.4, 0.5) is 5.69 Å². The average molecular weight is 293 g/mol. The molecule has 0 aliphatic carbocycles. The van der Waals surface area contributed by atoms with Gasteiger partial charge in [0.15, 0.2) is 15.7 Å². The van der Waals surface area contributed by atoms with E-state index in [2.05, 4.69) is 9.97 Å². The summed E-state index contributed by atoms with van der Waals surface area (Å²) in [4.78, 5) is 8.52. The predicted octanol–water partition coefficient (Wildman–Crippen LogP) is 2.28. The lowest BCUT2D eigenvalue weighted by Crippen LogP contribution is -1.97. The third-order valence-corrected chi connectivity index (χ3v) is 4.85. The lowest BCUT2D eigenvalue weighted by atomic mass is 10.3. The summed E-state index contributed by atoms with van der Waals surface area (Å²) in [5.41, 5.74) is 7.62. The topological polar surface area (TPSA) is 88.8 Å². The molecule has 0 spiro atoms. The van der Waals surface area contributed by atoms with Crippen LogP contribution >= 0.6 is 11.3 Å². The number of nitrogen functional groups attached to an aromatic ring is 1. The highest BCUT2D eigenvalue weighted by Gasteiger charge is 2.16. The van der Waals surface area contributed by atoms with Crippen molar-refractivity contribution in [3.05, 3.63) is 29.6 Å². The van der Waals surface area contributed by atoms with Crippen LogP contribution in [0.1, 0.15) is 0 Å². The minimum Gasteiger partial charge on any atom is -0.397 e. The monoisotopic (exact) mass is 293 g/mol. The van der Waals surface area contributed by atoms with Gasteiger partial charge < -0.3 is 10.7 Å². The molecule has 2 heterocycles. The van der Waals surface area contributed by atoms with Crippen LogP contribution < -0.4 is 5.73 Å². The molecule has 3 aromatic rings. The molecule has 5 nitrogen and oxygen atoms in total. The van der Waals surface area contributed by atoms with Gasteiger partial charge in [0.2, 0.25) is 0 Å². The van der Waals surface area contributed by atoms with Gasteiger partial charge in [-0.25, -0.2) is 13.4 Å². The van der Waals surface area contributed by atoms with Crippen molar-refractivity contribution in [1.29, 1.82) is 0 Å². The zero-order valence-electron chi connectivity index (χ0n) is 10.0. The van der Waals surface area contributed by atoms with Gasteiger partial charge in [0.05, 0.1) is 21.0 Å². The summed E-state index contributed by atoms with van der Waals surface area (Å²) in [5, 5.41) is 1.87. The number of fused-ring (bicyclic) bond motifs is 1. The number of hydrogen-bond donors (Lipinski definition) is 2. The summed E-state index contributed by atoms with van der Waals surface area (Å²) in [6, 6.07) is 6.84. The molecule has 0 saturated heterocycles. The first-order valence-corrected chi connectivity index (χ1v) is 8.26. The van der Waals surface area contributed by atoms with E-state index in [9.17, 15) is 8.42 Å². The Bertz CT molecular complexity index is 862. The Balaban J connectivity index is 2.31. The number of sulfone groups is 1. The van der Waals surface area contributed by atoms with E-state index in [0.717, 1.165) is 4.88 Å². The first kappa shape index (κ1) is 12.2. The SMILES string of the molecule is CS(=O)(=O)c1cccc2[nH]c(-c3sccc3N)nc12. The summed E-state index contributed by atoms with van der Waals surface area (Å²) in [7, 11) is -3.31. The highest BCUT2D eigenvalue weighted by molar-refractivity contribution is 7.91. The third kappa shape index (κ3) is 2.00. The average Bonchev–Trinajstić information content (AvgIpc) is 2.91. The number of nitrogens with two attached hydrogens (primary N) is 1. The lowest BCUT2D eigenvalue weighted by Gasteiger charge is -1.97. The van der Waals surface area contributed by atoms with Gasteiger partial charge in [-0.3, -0.25) is 0 Å². The quantitative estimate of drug-likeness (QED) is 0.758. The first-order valence-electron chi connectivity index (χ1n) is 5.49. The Hall–Kier alpha value is -1.86. The molecule has 0 aliphatic heterocycles. The fourth-order valence-electron chi connectivity index (χ4n) is 1.92. The molecule has 0 bridgehead atoms. The van der Waals surface area contributed by atoms with Gasteiger partial charge >= 0.3 is 0 Å². The maximum Gasteiger partial charge on any atom is 0.177 e. The number of aromatic amines is 1. The second kappa shape index (κ2) is 4.07. The number of hydrogen-bond acceptors (Lipinski definition) is 5. The maximum absolute atomic E-state index is 11.7. The summed E-state index contributed by atoms with van der Waals surface area (Å²) in [5.74, 6) is 0.596. The zero-order chi connectivity index (χ0) is 13.6. The van der Waals surface area contributed by atoms with Crippen molar-refractivity contribution < 1.29 is 8.42 Å². The van der Waals surface area contributed by atoms with Crippen LogP contribution in [0.2, 0.25) is 0 Å². The largest absolute Gasteiger partial charge is 0.397 e. The molecule has 0 saturated carbocycles. The Kier molecular flexibility index (Phi) is 2.61. The fraction of sp³-hybridized carbons (Fsp3) is 0.0833. The zero-order valence-corrected chi connectivity index (χ0v) is 11.7. The maximum atomic E-state index is 11.7. The number of para-hydroxylation sites is 1. The molecular formula is C12H11N3O2S2. The van der Waals surface area contributed by atoms with Crippen molar-refractivity contribution in [1.82, 2.24) is 9.97 Å². The van der Waals surface area contributed by atoms with E-state index < -0.39 is 9.84 Å². The number of imidazole rings is 1. The highest BCUT2D eigenvalue weighted by Crippen LogP contribution is 2.32. The first-order chi connectivity index (χ1) is 8.97. The molecule has 0 unspecified atom stereocenters. The second-order valence-corrected chi connectivity index (χ2v) is 7.12.